The van der Waals surface area contributed by atoms with E-state index in [-0.39, 0.29) is 11.1 Å². The maximum absolute atomic E-state index is 12.6. The van der Waals surface area contributed by atoms with Crippen molar-refractivity contribution in [2.24, 2.45) is 5.73 Å². The topological polar surface area (TPSA) is 49.5 Å². The number of hydrogen-bond donors (Lipinski definition) is 2. The Morgan fingerprint density at radius 2 is 2.00 bits per heavy atom. The van der Waals surface area contributed by atoms with Gasteiger partial charge < -0.3 is 15.7 Å². The molecule has 0 radical (unpaired) electrons. The number of aliphatic hydroxyl groups is 1. The van der Waals surface area contributed by atoms with E-state index < -0.39 is 18.0 Å². The van der Waals surface area contributed by atoms with Crippen molar-refractivity contribution in [3.63, 3.8) is 0 Å². The van der Waals surface area contributed by atoms with Crippen LogP contribution in [0.5, 0.6) is 0 Å². The third-order valence-electron chi connectivity index (χ3n) is 2.24. The molecule has 0 spiro atoms. The van der Waals surface area contributed by atoms with Crippen molar-refractivity contribution in [1.82, 2.24) is 4.90 Å². The molecule has 0 aliphatic carbocycles. The van der Waals surface area contributed by atoms with Crippen molar-refractivity contribution in [3.8, 4) is 0 Å². The number of benzene rings is 1. The molecular weight excluding hydrogens is 245 g/mol. The Morgan fingerprint density at radius 3 is 2.44 bits per heavy atom. The maximum atomic E-state index is 12.6. The van der Waals surface area contributed by atoms with E-state index >= 15 is 0 Å². The zero-order valence-corrected chi connectivity index (χ0v) is 10.1. The van der Waals surface area contributed by atoms with Gasteiger partial charge in [0.1, 0.15) is 6.23 Å². The number of nitrogens with two attached hydrogens (primary N) is 1. The van der Waals surface area contributed by atoms with Crippen LogP contribution < -0.4 is 5.73 Å². The van der Waals surface area contributed by atoms with Crippen molar-refractivity contribution in [2.75, 3.05) is 14.1 Å². The van der Waals surface area contributed by atoms with E-state index in [2.05, 4.69) is 0 Å². The SMILES string of the molecule is CN(C)/C=C(/c1cccc(C(F)(F)F)c1)[C@@H](N)O. The van der Waals surface area contributed by atoms with Gasteiger partial charge in [-0.25, -0.2) is 0 Å². The van der Waals surface area contributed by atoms with Crippen LogP contribution in [0.1, 0.15) is 11.1 Å². The number of halogens is 3. The molecule has 1 rings (SSSR count). The predicted octanol–water partition coefficient (Wildman–Crippen LogP) is 1.89. The first-order valence-corrected chi connectivity index (χ1v) is 5.21. The highest BCUT2D eigenvalue weighted by Crippen LogP contribution is 2.31. The molecule has 0 unspecified atom stereocenters. The minimum Gasteiger partial charge on any atom is -0.383 e. The zero-order valence-electron chi connectivity index (χ0n) is 10.1. The highest BCUT2D eigenvalue weighted by molar-refractivity contribution is 5.68. The van der Waals surface area contributed by atoms with Crippen molar-refractivity contribution in [2.45, 2.75) is 12.4 Å². The average Bonchev–Trinajstić information content (AvgIpc) is 2.24. The number of rotatable bonds is 3. The quantitative estimate of drug-likeness (QED) is 0.816. The Morgan fingerprint density at radius 1 is 1.39 bits per heavy atom. The Balaban J connectivity index is 3.23. The Labute approximate surface area is 103 Å². The molecule has 18 heavy (non-hydrogen) atoms. The summed E-state index contributed by atoms with van der Waals surface area (Å²) in [5.41, 5.74) is 5.05. The van der Waals surface area contributed by atoms with Crippen LogP contribution >= 0.6 is 0 Å². The standard InChI is InChI=1S/C12H15F3N2O/c1-17(2)7-10(11(16)18)8-4-3-5-9(6-8)12(13,14)15/h3-7,11,18H,16H2,1-2H3/b10-7-/t11-/m0/s1. The number of hydrogen-bond acceptors (Lipinski definition) is 3. The van der Waals surface area contributed by atoms with Gasteiger partial charge in [0.05, 0.1) is 5.56 Å². The van der Waals surface area contributed by atoms with Crippen LogP contribution in [0, 0.1) is 0 Å². The third-order valence-corrected chi connectivity index (χ3v) is 2.24. The highest BCUT2D eigenvalue weighted by Gasteiger charge is 2.30. The van der Waals surface area contributed by atoms with Gasteiger partial charge in [0, 0.05) is 25.9 Å². The van der Waals surface area contributed by atoms with Gasteiger partial charge in [-0.1, -0.05) is 12.1 Å². The lowest BCUT2D eigenvalue weighted by molar-refractivity contribution is -0.137. The van der Waals surface area contributed by atoms with Gasteiger partial charge >= 0.3 is 6.18 Å². The number of aliphatic hydroxyl groups excluding tert-OH is 1. The first kappa shape index (κ1) is 14.5. The first-order chi connectivity index (χ1) is 8.21. The van der Waals surface area contributed by atoms with Crippen molar-refractivity contribution < 1.29 is 18.3 Å². The molecule has 1 aromatic carbocycles. The van der Waals surface area contributed by atoms with Gasteiger partial charge in [0.25, 0.3) is 0 Å². The highest BCUT2D eigenvalue weighted by atomic mass is 19.4. The van der Waals surface area contributed by atoms with E-state index in [1.807, 2.05) is 0 Å². The molecule has 0 heterocycles. The average molecular weight is 260 g/mol. The maximum Gasteiger partial charge on any atom is 0.416 e. The molecule has 1 atom stereocenters. The molecule has 0 saturated heterocycles. The monoisotopic (exact) mass is 260 g/mol. The molecule has 0 fully saturated rings. The first-order valence-electron chi connectivity index (χ1n) is 5.21. The van der Waals surface area contributed by atoms with Crippen molar-refractivity contribution >= 4 is 5.57 Å². The second-order valence-electron chi connectivity index (χ2n) is 4.07. The number of alkyl halides is 3. The summed E-state index contributed by atoms with van der Waals surface area (Å²) in [6.45, 7) is 0. The predicted molar refractivity (Wildman–Crippen MR) is 63.3 cm³/mol. The summed E-state index contributed by atoms with van der Waals surface area (Å²) in [6, 6.07) is 4.69. The molecule has 0 aliphatic heterocycles. The van der Waals surface area contributed by atoms with Gasteiger partial charge in [0.15, 0.2) is 0 Å². The molecule has 100 valence electrons. The third kappa shape index (κ3) is 3.75. The van der Waals surface area contributed by atoms with E-state index in [1.165, 1.54) is 18.3 Å². The molecule has 0 bridgehead atoms. The second kappa shape index (κ2) is 5.41. The van der Waals surface area contributed by atoms with Crippen LogP contribution in [-0.2, 0) is 6.18 Å². The van der Waals surface area contributed by atoms with E-state index in [9.17, 15) is 18.3 Å². The zero-order chi connectivity index (χ0) is 13.9. The lowest BCUT2D eigenvalue weighted by atomic mass is 10.0. The van der Waals surface area contributed by atoms with Gasteiger partial charge in [-0.2, -0.15) is 13.2 Å². The second-order valence-corrected chi connectivity index (χ2v) is 4.07. The Bertz CT molecular complexity index is 439. The van der Waals surface area contributed by atoms with Crippen LogP contribution in [0.25, 0.3) is 5.57 Å². The summed E-state index contributed by atoms with van der Waals surface area (Å²) < 4.78 is 37.7. The van der Waals surface area contributed by atoms with Crippen molar-refractivity contribution in [1.29, 1.82) is 0 Å². The van der Waals surface area contributed by atoms with Gasteiger partial charge in [-0.05, 0) is 17.7 Å². The molecule has 0 aliphatic rings. The Kier molecular flexibility index (Phi) is 4.37. The van der Waals surface area contributed by atoms with Crippen LogP contribution in [-0.4, -0.2) is 30.3 Å². The molecule has 0 saturated carbocycles. The van der Waals surface area contributed by atoms with E-state index in [0.717, 1.165) is 12.1 Å². The molecular formula is C12H15F3N2O. The van der Waals surface area contributed by atoms with Gasteiger partial charge in [-0.3, -0.25) is 0 Å². The molecule has 3 N–H and O–H groups in total. The lowest BCUT2D eigenvalue weighted by Gasteiger charge is -2.16. The summed E-state index contributed by atoms with van der Waals surface area (Å²) in [5, 5.41) is 9.41. The minimum atomic E-state index is -4.42. The molecule has 6 heteroatoms. The fourth-order valence-electron chi connectivity index (χ4n) is 1.47. The summed E-state index contributed by atoms with van der Waals surface area (Å²) in [5.74, 6) is 0. The van der Waals surface area contributed by atoms with Crippen LogP contribution in [0.15, 0.2) is 30.5 Å². The fraction of sp³-hybridized carbons (Fsp3) is 0.333. The summed E-state index contributed by atoms with van der Waals surface area (Å²) >= 11 is 0. The van der Waals surface area contributed by atoms with Crippen LogP contribution in [0.2, 0.25) is 0 Å². The molecule has 3 nitrogen and oxygen atoms in total. The number of nitrogens with zero attached hydrogens (tertiary/aromatic N) is 1. The van der Waals surface area contributed by atoms with E-state index in [4.69, 9.17) is 5.73 Å². The van der Waals surface area contributed by atoms with E-state index in [1.54, 1.807) is 19.0 Å². The summed E-state index contributed by atoms with van der Waals surface area (Å²) in [6.07, 6.45) is -4.27. The smallest absolute Gasteiger partial charge is 0.383 e. The van der Waals surface area contributed by atoms with Crippen molar-refractivity contribution in [3.05, 3.63) is 41.6 Å². The lowest BCUT2D eigenvalue weighted by Crippen LogP contribution is -2.22. The van der Waals surface area contributed by atoms with Gasteiger partial charge in [0.2, 0.25) is 0 Å². The van der Waals surface area contributed by atoms with Crippen LogP contribution in [0.3, 0.4) is 0 Å². The fourth-order valence-corrected chi connectivity index (χ4v) is 1.47. The van der Waals surface area contributed by atoms with E-state index in [0.29, 0.717) is 0 Å². The summed E-state index contributed by atoms with van der Waals surface area (Å²) in [4.78, 5) is 1.60. The largest absolute Gasteiger partial charge is 0.416 e. The van der Waals surface area contributed by atoms with Crippen LogP contribution in [0.4, 0.5) is 13.2 Å². The molecule has 1 aromatic rings. The normalized spacial score (nSPS) is 14.5. The summed E-state index contributed by atoms with van der Waals surface area (Å²) in [7, 11) is 3.38. The minimum absolute atomic E-state index is 0.228. The Hall–Kier alpha value is -1.53. The van der Waals surface area contributed by atoms with Gasteiger partial charge in [-0.15, -0.1) is 0 Å². The molecule has 0 aromatic heterocycles. The molecule has 0 amide bonds.